The van der Waals surface area contributed by atoms with E-state index in [1.54, 1.807) is 29.2 Å². The average Bonchev–Trinajstić information content (AvgIpc) is 2.53. The van der Waals surface area contributed by atoms with Gasteiger partial charge in [0.15, 0.2) is 0 Å². The number of aromatic carboxylic acids is 1. The molecule has 0 aliphatic rings. The number of anilines is 1. The van der Waals surface area contributed by atoms with E-state index in [2.05, 4.69) is 0 Å². The van der Waals surface area contributed by atoms with Gasteiger partial charge < -0.3 is 10.0 Å². The number of hydrogen-bond donors (Lipinski definition) is 1. The lowest BCUT2D eigenvalue weighted by Gasteiger charge is -2.25. The predicted octanol–water partition coefficient (Wildman–Crippen LogP) is 3.69. The fourth-order valence-electron chi connectivity index (χ4n) is 2.19. The summed E-state index contributed by atoms with van der Waals surface area (Å²) >= 11 is 0. The lowest BCUT2D eigenvalue weighted by atomic mass is 10.1. The van der Waals surface area contributed by atoms with Gasteiger partial charge in [-0.2, -0.15) is 0 Å². The van der Waals surface area contributed by atoms with Gasteiger partial charge in [-0.25, -0.2) is 4.79 Å². The van der Waals surface area contributed by atoms with Gasteiger partial charge in [0.25, 0.3) is 5.91 Å². The minimum atomic E-state index is -0.976. The lowest BCUT2D eigenvalue weighted by molar-refractivity contribution is 0.0696. The molecule has 0 saturated carbocycles. The Morgan fingerprint density at radius 3 is 2.05 bits per heavy atom. The number of carbonyl (C=O) groups is 2. The second kappa shape index (κ2) is 6.89. The number of carboxylic acid groups (broad SMARTS) is 1. The first kappa shape index (κ1) is 15.8. The zero-order chi connectivity index (χ0) is 16.1. The Morgan fingerprint density at radius 2 is 1.55 bits per heavy atom. The summed E-state index contributed by atoms with van der Waals surface area (Å²) in [6.45, 7) is 4.65. The van der Waals surface area contributed by atoms with E-state index >= 15 is 0 Å². The van der Waals surface area contributed by atoms with Crippen LogP contribution < -0.4 is 4.90 Å². The van der Waals surface area contributed by atoms with Crippen LogP contribution in [0.1, 0.15) is 34.6 Å². The molecule has 1 amide bonds. The van der Waals surface area contributed by atoms with Crippen LogP contribution in [0, 0.1) is 5.92 Å². The molecule has 0 aliphatic heterocycles. The fourth-order valence-corrected chi connectivity index (χ4v) is 2.19. The second-order valence-corrected chi connectivity index (χ2v) is 5.53. The van der Waals surface area contributed by atoms with Gasteiger partial charge in [0.05, 0.1) is 5.56 Å². The van der Waals surface area contributed by atoms with E-state index in [1.807, 2.05) is 32.0 Å². The quantitative estimate of drug-likeness (QED) is 0.915. The van der Waals surface area contributed by atoms with Crippen LogP contribution in [0.25, 0.3) is 0 Å². The molecule has 0 aliphatic carbocycles. The van der Waals surface area contributed by atoms with Crippen molar-refractivity contribution < 1.29 is 14.7 Å². The van der Waals surface area contributed by atoms with Gasteiger partial charge in [-0.05, 0) is 42.3 Å². The summed E-state index contributed by atoms with van der Waals surface area (Å²) < 4.78 is 0. The van der Waals surface area contributed by atoms with E-state index in [0.717, 1.165) is 0 Å². The largest absolute Gasteiger partial charge is 0.478 e. The summed E-state index contributed by atoms with van der Waals surface area (Å²) in [7, 11) is 0. The van der Waals surface area contributed by atoms with Crippen molar-refractivity contribution in [3.05, 3.63) is 65.7 Å². The molecule has 22 heavy (non-hydrogen) atoms. The summed E-state index contributed by atoms with van der Waals surface area (Å²) in [4.78, 5) is 25.3. The third kappa shape index (κ3) is 3.73. The number of amides is 1. The van der Waals surface area contributed by atoms with Crippen molar-refractivity contribution in [3.63, 3.8) is 0 Å². The van der Waals surface area contributed by atoms with Gasteiger partial charge in [-0.15, -0.1) is 0 Å². The van der Waals surface area contributed by atoms with Crippen LogP contribution in [0.4, 0.5) is 5.69 Å². The number of carboxylic acids is 1. The number of nitrogens with zero attached hydrogens (tertiary/aromatic N) is 1. The van der Waals surface area contributed by atoms with Crippen molar-refractivity contribution >= 4 is 17.6 Å². The minimum Gasteiger partial charge on any atom is -0.478 e. The SMILES string of the molecule is CC(C)CN(C(=O)c1ccccc1)c1ccc(C(=O)O)cc1. The molecule has 2 rings (SSSR count). The van der Waals surface area contributed by atoms with Gasteiger partial charge >= 0.3 is 5.97 Å². The molecular formula is C18H19NO3. The van der Waals surface area contributed by atoms with E-state index in [1.165, 1.54) is 12.1 Å². The summed E-state index contributed by atoms with van der Waals surface area (Å²) in [5.41, 5.74) is 1.53. The molecule has 0 radical (unpaired) electrons. The average molecular weight is 297 g/mol. The Morgan fingerprint density at radius 1 is 0.955 bits per heavy atom. The van der Waals surface area contributed by atoms with Crippen LogP contribution in [-0.4, -0.2) is 23.5 Å². The molecule has 1 N–H and O–H groups in total. The highest BCUT2D eigenvalue weighted by Gasteiger charge is 2.19. The van der Waals surface area contributed by atoms with Crippen LogP contribution in [-0.2, 0) is 0 Å². The van der Waals surface area contributed by atoms with E-state index < -0.39 is 5.97 Å². The molecule has 4 nitrogen and oxygen atoms in total. The van der Waals surface area contributed by atoms with Crippen LogP contribution in [0.2, 0.25) is 0 Å². The summed E-state index contributed by atoms with van der Waals surface area (Å²) in [6.07, 6.45) is 0. The molecule has 114 valence electrons. The van der Waals surface area contributed by atoms with Gasteiger partial charge in [-0.1, -0.05) is 32.0 Å². The summed E-state index contributed by atoms with van der Waals surface area (Å²) in [5, 5.41) is 8.97. The van der Waals surface area contributed by atoms with Crippen molar-refractivity contribution in [1.29, 1.82) is 0 Å². The molecule has 0 aromatic heterocycles. The monoisotopic (exact) mass is 297 g/mol. The molecule has 0 unspecified atom stereocenters. The van der Waals surface area contributed by atoms with Crippen molar-refractivity contribution in [1.82, 2.24) is 0 Å². The van der Waals surface area contributed by atoms with Crippen LogP contribution >= 0.6 is 0 Å². The number of benzene rings is 2. The Labute approximate surface area is 130 Å². The maximum atomic E-state index is 12.7. The van der Waals surface area contributed by atoms with E-state index in [0.29, 0.717) is 23.7 Å². The third-order valence-electron chi connectivity index (χ3n) is 3.24. The molecule has 0 fully saturated rings. The van der Waals surface area contributed by atoms with Crippen molar-refractivity contribution in [2.45, 2.75) is 13.8 Å². The van der Waals surface area contributed by atoms with Gasteiger partial charge in [-0.3, -0.25) is 4.79 Å². The Balaban J connectivity index is 2.33. The molecule has 0 atom stereocenters. The molecule has 0 heterocycles. The van der Waals surface area contributed by atoms with Crippen molar-refractivity contribution in [2.75, 3.05) is 11.4 Å². The Hall–Kier alpha value is -2.62. The van der Waals surface area contributed by atoms with Crippen molar-refractivity contribution in [2.24, 2.45) is 5.92 Å². The smallest absolute Gasteiger partial charge is 0.335 e. The normalized spacial score (nSPS) is 10.5. The molecule has 0 saturated heterocycles. The lowest BCUT2D eigenvalue weighted by Crippen LogP contribution is -2.34. The highest BCUT2D eigenvalue weighted by Crippen LogP contribution is 2.20. The van der Waals surface area contributed by atoms with Crippen LogP contribution in [0.3, 0.4) is 0 Å². The molecule has 4 heteroatoms. The molecule has 2 aromatic carbocycles. The minimum absolute atomic E-state index is 0.0858. The zero-order valence-corrected chi connectivity index (χ0v) is 12.7. The predicted molar refractivity (Wildman–Crippen MR) is 86.4 cm³/mol. The molecule has 0 spiro atoms. The second-order valence-electron chi connectivity index (χ2n) is 5.53. The fraction of sp³-hybridized carbons (Fsp3) is 0.222. The van der Waals surface area contributed by atoms with Gasteiger partial charge in [0, 0.05) is 17.8 Å². The van der Waals surface area contributed by atoms with Crippen molar-refractivity contribution in [3.8, 4) is 0 Å². The Bertz CT molecular complexity index is 648. The summed E-state index contributed by atoms with van der Waals surface area (Å²) in [6, 6.07) is 15.5. The molecular weight excluding hydrogens is 278 g/mol. The number of rotatable bonds is 5. The van der Waals surface area contributed by atoms with E-state index in [-0.39, 0.29) is 11.5 Å². The van der Waals surface area contributed by atoms with E-state index in [4.69, 9.17) is 5.11 Å². The maximum Gasteiger partial charge on any atom is 0.335 e. The first-order chi connectivity index (χ1) is 10.5. The Kier molecular flexibility index (Phi) is 4.94. The first-order valence-corrected chi connectivity index (χ1v) is 7.19. The highest BCUT2D eigenvalue weighted by atomic mass is 16.4. The summed E-state index contributed by atoms with van der Waals surface area (Å²) in [5.74, 6) is -0.763. The molecule has 0 bridgehead atoms. The van der Waals surface area contributed by atoms with E-state index in [9.17, 15) is 9.59 Å². The topological polar surface area (TPSA) is 57.6 Å². The molecule has 2 aromatic rings. The zero-order valence-electron chi connectivity index (χ0n) is 12.7. The first-order valence-electron chi connectivity index (χ1n) is 7.19. The maximum absolute atomic E-state index is 12.7. The number of carbonyl (C=O) groups excluding carboxylic acids is 1. The van der Waals surface area contributed by atoms with Gasteiger partial charge in [0.2, 0.25) is 0 Å². The highest BCUT2D eigenvalue weighted by molar-refractivity contribution is 6.06. The standard InChI is InChI=1S/C18H19NO3/c1-13(2)12-19(17(20)14-6-4-3-5-7-14)16-10-8-15(9-11-16)18(21)22/h3-11,13H,12H2,1-2H3,(H,21,22). The van der Waals surface area contributed by atoms with Gasteiger partial charge in [0.1, 0.15) is 0 Å². The number of hydrogen-bond acceptors (Lipinski definition) is 2. The van der Waals surface area contributed by atoms with Crippen LogP contribution in [0.15, 0.2) is 54.6 Å². The van der Waals surface area contributed by atoms with Crippen LogP contribution in [0.5, 0.6) is 0 Å². The third-order valence-corrected chi connectivity index (χ3v) is 3.24.